The second-order valence-corrected chi connectivity index (χ2v) is 3.10. The highest BCUT2D eigenvalue weighted by Gasteiger charge is 2.22. The summed E-state index contributed by atoms with van der Waals surface area (Å²) in [4.78, 5) is 11.6. The fraction of sp³-hybridized carbons (Fsp3) is 0.300. The van der Waals surface area contributed by atoms with Crippen molar-refractivity contribution >= 4 is 5.78 Å². The topological polar surface area (TPSA) is 52.3 Å². The molecule has 0 aliphatic carbocycles. The monoisotopic (exact) mass is 177 g/mol. The minimum atomic E-state index is -0.413. The molecule has 0 fully saturated rings. The van der Waals surface area contributed by atoms with Crippen molar-refractivity contribution in [1.82, 2.24) is 0 Å². The maximum absolute atomic E-state index is 11.6. The molecule has 3 heteroatoms. The van der Waals surface area contributed by atoms with Gasteiger partial charge < -0.3 is 10.5 Å². The zero-order valence-corrected chi connectivity index (χ0v) is 7.19. The zero-order chi connectivity index (χ0) is 9.26. The van der Waals surface area contributed by atoms with Crippen molar-refractivity contribution in [2.75, 3.05) is 6.61 Å². The van der Waals surface area contributed by atoms with E-state index in [0.29, 0.717) is 24.3 Å². The van der Waals surface area contributed by atoms with Gasteiger partial charge >= 0.3 is 0 Å². The lowest BCUT2D eigenvalue weighted by Crippen LogP contribution is -2.30. The van der Waals surface area contributed by atoms with Crippen molar-refractivity contribution in [2.45, 2.75) is 12.5 Å². The van der Waals surface area contributed by atoms with Crippen molar-refractivity contribution in [3.05, 3.63) is 29.8 Å². The first kappa shape index (κ1) is 8.26. The smallest absolute Gasteiger partial charge is 0.183 e. The van der Waals surface area contributed by atoms with Crippen LogP contribution in [0.25, 0.3) is 0 Å². The summed E-state index contributed by atoms with van der Waals surface area (Å²) in [5, 5.41) is 0. The molecule has 68 valence electrons. The number of hydrogen-bond acceptors (Lipinski definition) is 3. The van der Waals surface area contributed by atoms with Crippen LogP contribution in [0.4, 0.5) is 0 Å². The van der Waals surface area contributed by atoms with Gasteiger partial charge in [-0.05, 0) is 12.1 Å². The molecule has 1 aromatic rings. The first-order chi connectivity index (χ1) is 6.29. The molecule has 1 unspecified atom stereocenters. The number of carbonyl (C=O) groups excluding carboxylic acids is 1. The van der Waals surface area contributed by atoms with Gasteiger partial charge in [-0.15, -0.1) is 0 Å². The van der Waals surface area contributed by atoms with E-state index in [4.69, 9.17) is 10.5 Å². The third-order valence-corrected chi connectivity index (χ3v) is 2.18. The van der Waals surface area contributed by atoms with Gasteiger partial charge in [-0.2, -0.15) is 0 Å². The normalized spacial score (nSPS) is 21.6. The first-order valence-electron chi connectivity index (χ1n) is 4.30. The highest BCUT2D eigenvalue weighted by atomic mass is 16.5. The van der Waals surface area contributed by atoms with Crippen LogP contribution in [0.1, 0.15) is 16.8 Å². The quantitative estimate of drug-likeness (QED) is 0.642. The summed E-state index contributed by atoms with van der Waals surface area (Å²) in [5.74, 6) is 0.633. The lowest BCUT2D eigenvalue weighted by atomic mass is 10.0. The molecule has 1 aliphatic rings. The average molecular weight is 177 g/mol. The molecule has 1 atom stereocenters. The molecular weight excluding hydrogens is 166 g/mol. The Morgan fingerprint density at radius 3 is 3.00 bits per heavy atom. The van der Waals surface area contributed by atoms with Crippen molar-refractivity contribution < 1.29 is 9.53 Å². The number of ketones is 1. The van der Waals surface area contributed by atoms with E-state index in [1.54, 1.807) is 12.1 Å². The number of carbonyl (C=O) groups is 1. The third-order valence-electron chi connectivity index (χ3n) is 2.18. The van der Waals surface area contributed by atoms with Crippen molar-refractivity contribution in [3.63, 3.8) is 0 Å². The van der Waals surface area contributed by atoms with Crippen LogP contribution >= 0.6 is 0 Å². The molecule has 0 saturated heterocycles. The molecule has 0 aromatic heterocycles. The van der Waals surface area contributed by atoms with E-state index in [1.165, 1.54) is 0 Å². The number of nitrogens with two attached hydrogens (primary N) is 1. The molecule has 2 N–H and O–H groups in total. The fourth-order valence-corrected chi connectivity index (χ4v) is 1.42. The van der Waals surface area contributed by atoms with Gasteiger partial charge in [-0.3, -0.25) is 4.79 Å². The van der Waals surface area contributed by atoms with Gasteiger partial charge in [0.1, 0.15) is 5.75 Å². The minimum Gasteiger partial charge on any atom is -0.493 e. The second-order valence-electron chi connectivity index (χ2n) is 3.10. The number of hydrogen-bond donors (Lipinski definition) is 1. The highest BCUT2D eigenvalue weighted by Crippen LogP contribution is 2.22. The molecule has 13 heavy (non-hydrogen) atoms. The summed E-state index contributed by atoms with van der Waals surface area (Å²) in [6, 6.07) is 6.80. The number of Topliss-reactive ketones (excluding diaryl/α,β-unsaturated/α-hetero) is 1. The van der Waals surface area contributed by atoms with E-state index in [1.807, 2.05) is 12.1 Å². The number of para-hydroxylation sites is 1. The molecule has 0 bridgehead atoms. The van der Waals surface area contributed by atoms with E-state index in [0.717, 1.165) is 0 Å². The summed E-state index contributed by atoms with van der Waals surface area (Å²) >= 11 is 0. The average Bonchev–Trinajstić information content (AvgIpc) is 2.29. The van der Waals surface area contributed by atoms with E-state index < -0.39 is 6.04 Å². The molecule has 2 rings (SSSR count). The number of ether oxygens (including phenoxy) is 1. The number of rotatable bonds is 0. The number of benzene rings is 1. The fourth-order valence-electron chi connectivity index (χ4n) is 1.42. The Hall–Kier alpha value is -1.35. The van der Waals surface area contributed by atoms with Crippen LogP contribution in [0, 0.1) is 0 Å². The van der Waals surface area contributed by atoms with Gasteiger partial charge in [0.15, 0.2) is 5.78 Å². The molecule has 1 aromatic carbocycles. The van der Waals surface area contributed by atoms with E-state index in [9.17, 15) is 4.79 Å². The highest BCUT2D eigenvalue weighted by molar-refractivity contribution is 6.02. The summed E-state index contributed by atoms with van der Waals surface area (Å²) < 4.78 is 5.39. The number of fused-ring (bicyclic) bond motifs is 1. The lowest BCUT2D eigenvalue weighted by Gasteiger charge is -2.04. The minimum absolute atomic E-state index is 0.0203. The van der Waals surface area contributed by atoms with Crippen LogP contribution in [-0.4, -0.2) is 18.4 Å². The SMILES string of the molecule is NC1CCOc2ccccc2C1=O. The zero-order valence-electron chi connectivity index (χ0n) is 7.19. The summed E-state index contributed by atoms with van der Waals surface area (Å²) in [5.41, 5.74) is 6.27. The van der Waals surface area contributed by atoms with Crippen molar-refractivity contribution in [1.29, 1.82) is 0 Å². The molecule has 1 heterocycles. The van der Waals surface area contributed by atoms with E-state index in [2.05, 4.69) is 0 Å². The Bertz CT molecular complexity index is 335. The Morgan fingerprint density at radius 2 is 2.15 bits per heavy atom. The molecular formula is C10H11NO2. The van der Waals surface area contributed by atoms with Gasteiger partial charge in [0.25, 0.3) is 0 Å². The Labute approximate surface area is 76.5 Å². The van der Waals surface area contributed by atoms with E-state index in [-0.39, 0.29) is 5.78 Å². The maximum Gasteiger partial charge on any atom is 0.183 e. The van der Waals surface area contributed by atoms with E-state index >= 15 is 0 Å². The van der Waals surface area contributed by atoms with Gasteiger partial charge in [-0.1, -0.05) is 12.1 Å². The van der Waals surface area contributed by atoms with Crippen LogP contribution < -0.4 is 10.5 Å². The van der Waals surface area contributed by atoms with Crippen LogP contribution in [0.15, 0.2) is 24.3 Å². The molecule has 3 nitrogen and oxygen atoms in total. The molecule has 0 radical (unpaired) electrons. The largest absolute Gasteiger partial charge is 0.493 e. The van der Waals surface area contributed by atoms with Gasteiger partial charge in [0.2, 0.25) is 0 Å². The first-order valence-corrected chi connectivity index (χ1v) is 4.30. The summed E-state index contributed by atoms with van der Waals surface area (Å²) in [7, 11) is 0. The predicted octanol–water partition coefficient (Wildman–Crippen LogP) is 0.979. The maximum atomic E-state index is 11.6. The summed E-state index contributed by atoms with van der Waals surface area (Å²) in [6.45, 7) is 0.518. The molecule has 0 spiro atoms. The van der Waals surface area contributed by atoms with Gasteiger partial charge in [0.05, 0.1) is 18.2 Å². The van der Waals surface area contributed by atoms with Crippen molar-refractivity contribution in [2.24, 2.45) is 5.73 Å². The van der Waals surface area contributed by atoms with Crippen LogP contribution in [-0.2, 0) is 0 Å². The Morgan fingerprint density at radius 1 is 1.38 bits per heavy atom. The standard InChI is InChI=1S/C10H11NO2/c11-8-5-6-13-9-4-2-1-3-7(9)10(8)12/h1-4,8H,5-6,11H2. The lowest BCUT2D eigenvalue weighted by molar-refractivity contribution is 0.0960. The Balaban J connectivity index is 2.46. The Kier molecular flexibility index (Phi) is 2.02. The third kappa shape index (κ3) is 1.42. The summed E-state index contributed by atoms with van der Waals surface area (Å²) in [6.07, 6.45) is 0.591. The van der Waals surface area contributed by atoms with Crippen LogP contribution in [0.5, 0.6) is 5.75 Å². The van der Waals surface area contributed by atoms with Crippen LogP contribution in [0.3, 0.4) is 0 Å². The second kappa shape index (κ2) is 3.18. The van der Waals surface area contributed by atoms with Crippen LogP contribution in [0.2, 0.25) is 0 Å². The molecule has 0 amide bonds. The molecule has 0 saturated carbocycles. The van der Waals surface area contributed by atoms with Gasteiger partial charge in [0, 0.05) is 6.42 Å². The van der Waals surface area contributed by atoms with Gasteiger partial charge in [-0.25, -0.2) is 0 Å². The van der Waals surface area contributed by atoms with Crippen molar-refractivity contribution in [3.8, 4) is 5.75 Å². The predicted molar refractivity (Wildman–Crippen MR) is 48.9 cm³/mol. The molecule has 1 aliphatic heterocycles.